The Morgan fingerprint density at radius 3 is 2.50 bits per heavy atom. The fourth-order valence-corrected chi connectivity index (χ4v) is 4.92. The number of ether oxygens (including phenoxy) is 2. The molecule has 0 bridgehead atoms. The van der Waals surface area contributed by atoms with Crippen molar-refractivity contribution in [3.8, 4) is 11.5 Å². The molecule has 8 heteroatoms. The molecule has 0 aliphatic rings. The van der Waals surface area contributed by atoms with Gasteiger partial charge in [0.25, 0.3) is 5.91 Å². The normalized spacial score (nSPS) is 11.5. The van der Waals surface area contributed by atoms with Gasteiger partial charge in [-0.05, 0) is 47.9 Å². The van der Waals surface area contributed by atoms with E-state index in [4.69, 9.17) is 9.47 Å². The molecule has 5 rings (SSSR count). The highest BCUT2D eigenvalue weighted by Gasteiger charge is 2.16. The van der Waals surface area contributed by atoms with E-state index in [9.17, 15) is 9.59 Å². The van der Waals surface area contributed by atoms with E-state index in [1.165, 1.54) is 0 Å². The molecule has 3 aromatic carbocycles. The number of hydrogen-bond donors (Lipinski definition) is 3. The van der Waals surface area contributed by atoms with Crippen LogP contribution >= 0.6 is 0 Å². The van der Waals surface area contributed by atoms with Gasteiger partial charge in [0.1, 0.15) is 5.70 Å². The van der Waals surface area contributed by atoms with E-state index in [2.05, 4.69) is 21.7 Å². The highest BCUT2D eigenvalue weighted by molar-refractivity contribution is 6.03. The molecule has 0 aliphatic heterocycles. The van der Waals surface area contributed by atoms with Crippen LogP contribution in [-0.4, -0.2) is 42.1 Å². The van der Waals surface area contributed by atoms with Crippen LogP contribution in [0.25, 0.3) is 27.9 Å². The fraction of sp³-hybridized carbons (Fsp3) is 0.188. The molecule has 0 unspecified atom stereocenters. The highest BCUT2D eigenvalue weighted by Crippen LogP contribution is 2.28. The van der Waals surface area contributed by atoms with Crippen LogP contribution < -0.4 is 20.1 Å². The predicted molar refractivity (Wildman–Crippen MR) is 157 cm³/mol. The molecule has 2 heterocycles. The molecule has 0 radical (unpaired) electrons. The Kier molecular flexibility index (Phi) is 7.87. The molecule has 40 heavy (non-hydrogen) atoms. The Morgan fingerprint density at radius 2 is 1.70 bits per heavy atom. The third kappa shape index (κ3) is 5.71. The van der Waals surface area contributed by atoms with Crippen LogP contribution in [0.5, 0.6) is 11.5 Å². The first kappa shape index (κ1) is 26.6. The summed E-state index contributed by atoms with van der Waals surface area (Å²) in [6.45, 7) is 0.416. The number of carbonyl (C=O) groups is 2. The predicted octanol–water partition coefficient (Wildman–Crippen LogP) is 4.74. The number of para-hydroxylation sites is 2. The van der Waals surface area contributed by atoms with E-state index in [0.29, 0.717) is 24.5 Å². The van der Waals surface area contributed by atoms with E-state index in [1.807, 2.05) is 66.5 Å². The zero-order valence-corrected chi connectivity index (χ0v) is 22.8. The minimum Gasteiger partial charge on any atom is -0.493 e. The minimum atomic E-state index is -0.353. The van der Waals surface area contributed by atoms with Gasteiger partial charge in [0, 0.05) is 53.4 Å². The number of carbonyl (C=O) groups excluding carboxylic acids is 2. The third-order valence-electron chi connectivity index (χ3n) is 6.91. The molecular weight excluding hydrogens is 504 g/mol. The Bertz CT molecular complexity index is 1710. The molecule has 204 valence electrons. The van der Waals surface area contributed by atoms with Crippen molar-refractivity contribution in [3.05, 3.63) is 102 Å². The molecule has 5 aromatic rings. The van der Waals surface area contributed by atoms with E-state index in [0.717, 1.165) is 38.5 Å². The Morgan fingerprint density at radius 1 is 0.950 bits per heavy atom. The van der Waals surface area contributed by atoms with Gasteiger partial charge in [0.2, 0.25) is 5.91 Å². The van der Waals surface area contributed by atoms with Gasteiger partial charge in [-0.2, -0.15) is 0 Å². The van der Waals surface area contributed by atoms with Gasteiger partial charge in [-0.3, -0.25) is 9.59 Å². The van der Waals surface area contributed by atoms with Crippen molar-refractivity contribution in [3.63, 3.8) is 0 Å². The van der Waals surface area contributed by atoms with Crippen molar-refractivity contribution >= 4 is 39.7 Å². The Labute approximate surface area is 232 Å². The number of benzene rings is 3. The molecule has 0 fully saturated rings. The summed E-state index contributed by atoms with van der Waals surface area (Å²) in [7, 11) is 5.06. The van der Waals surface area contributed by atoms with E-state index in [1.54, 1.807) is 38.5 Å². The molecule has 2 amide bonds. The molecular formula is C32H32N4O4. The first-order valence-electron chi connectivity index (χ1n) is 13.1. The number of aromatic nitrogens is 2. The van der Waals surface area contributed by atoms with E-state index >= 15 is 0 Å². The summed E-state index contributed by atoms with van der Waals surface area (Å²) < 4.78 is 12.7. The highest BCUT2D eigenvalue weighted by atomic mass is 16.5. The molecule has 0 atom stereocenters. The fourth-order valence-electron chi connectivity index (χ4n) is 4.92. The van der Waals surface area contributed by atoms with E-state index < -0.39 is 0 Å². The molecule has 0 saturated carbocycles. The van der Waals surface area contributed by atoms with Crippen LogP contribution in [0.15, 0.2) is 84.8 Å². The minimum absolute atomic E-state index is 0.0653. The van der Waals surface area contributed by atoms with E-state index in [-0.39, 0.29) is 23.9 Å². The second-order valence-electron chi connectivity index (χ2n) is 9.55. The van der Waals surface area contributed by atoms with Gasteiger partial charge in [-0.15, -0.1) is 0 Å². The topological polar surface area (TPSA) is 97.4 Å². The third-order valence-corrected chi connectivity index (χ3v) is 6.91. The number of aryl methyl sites for hydroxylation is 1. The van der Waals surface area contributed by atoms with Gasteiger partial charge in [0.15, 0.2) is 11.5 Å². The lowest BCUT2D eigenvalue weighted by molar-refractivity contribution is -0.123. The summed E-state index contributed by atoms with van der Waals surface area (Å²) in [6.07, 6.45) is 6.36. The second-order valence-corrected chi connectivity index (χ2v) is 9.55. The zero-order valence-electron chi connectivity index (χ0n) is 22.8. The van der Waals surface area contributed by atoms with Crippen LogP contribution in [0.2, 0.25) is 0 Å². The Balaban J connectivity index is 1.36. The molecule has 8 nitrogen and oxygen atoms in total. The number of nitrogens with zero attached hydrogens (tertiary/aromatic N) is 1. The molecule has 3 N–H and O–H groups in total. The molecule has 0 spiro atoms. The average Bonchev–Trinajstić information content (AvgIpc) is 3.53. The van der Waals surface area contributed by atoms with Crippen LogP contribution in [-0.2, 0) is 29.5 Å². The van der Waals surface area contributed by atoms with Gasteiger partial charge >= 0.3 is 0 Å². The first-order valence-corrected chi connectivity index (χ1v) is 13.1. The number of hydrogen-bond acceptors (Lipinski definition) is 4. The standard InChI is InChI=1S/C32H32N4O4/c1-36-20-23(25-9-5-7-11-28(25)36)18-27(35-31(37)17-21-12-13-29(39-2)30(16-21)40-3)32(38)33-15-14-22-19-34-26-10-6-4-8-24(22)26/h4-13,16,18-20,34H,14-15,17H2,1-3H3,(H,33,38)(H,35,37). The largest absolute Gasteiger partial charge is 0.493 e. The molecule has 0 aliphatic carbocycles. The second kappa shape index (κ2) is 11.8. The Hall–Kier alpha value is -4.98. The van der Waals surface area contributed by atoms with Crippen molar-refractivity contribution in [2.45, 2.75) is 12.8 Å². The summed E-state index contributed by atoms with van der Waals surface area (Å²) in [5, 5.41) is 7.95. The van der Waals surface area contributed by atoms with Crippen molar-refractivity contribution < 1.29 is 19.1 Å². The summed E-state index contributed by atoms with van der Waals surface area (Å²) in [5.41, 5.74) is 4.96. The van der Waals surface area contributed by atoms with Gasteiger partial charge in [0.05, 0.1) is 20.6 Å². The van der Waals surface area contributed by atoms with Crippen molar-refractivity contribution in [2.75, 3.05) is 20.8 Å². The lowest BCUT2D eigenvalue weighted by Gasteiger charge is -2.12. The quantitative estimate of drug-likeness (QED) is 0.225. The number of amides is 2. The summed E-state index contributed by atoms with van der Waals surface area (Å²) >= 11 is 0. The number of methoxy groups -OCH3 is 2. The lowest BCUT2D eigenvalue weighted by atomic mass is 10.1. The lowest BCUT2D eigenvalue weighted by Crippen LogP contribution is -2.36. The zero-order chi connectivity index (χ0) is 28.1. The first-order chi connectivity index (χ1) is 19.5. The number of fused-ring (bicyclic) bond motifs is 2. The SMILES string of the molecule is COc1ccc(CC(=O)NC(=Cc2cn(C)c3ccccc23)C(=O)NCCc2c[nH]c3ccccc23)cc1OC. The van der Waals surface area contributed by atoms with Crippen LogP contribution in [0.1, 0.15) is 16.7 Å². The molecule has 0 saturated heterocycles. The monoisotopic (exact) mass is 536 g/mol. The van der Waals surface area contributed by atoms with Crippen LogP contribution in [0.3, 0.4) is 0 Å². The number of nitrogens with one attached hydrogen (secondary N) is 3. The summed E-state index contributed by atoms with van der Waals surface area (Å²) in [6, 6.07) is 21.3. The molecule has 2 aromatic heterocycles. The van der Waals surface area contributed by atoms with Gasteiger partial charge in [-0.1, -0.05) is 42.5 Å². The van der Waals surface area contributed by atoms with Crippen molar-refractivity contribution in [1.29, 1.82) is 0 Å². The smallest absolute Gasteiger partial charge is 0.267 e. The maximum atomic E-state index is 13.4. The summed E-state index contributed by atoms with van der Waals surface area (Å²) in [4.78, 5) is 29.8. The van der Waals surface area contributed by atoms with Crippen LogP contribution in [0, 0.1) is 0 Å². The van der Waals surface area contributed by atoms with Gasteiger partial charge < -0.3 is 29.7 Å². The number of H-pyrrole nitrogens is 1. The summed E-state index contributed by atoms with van der Waals surface area (Å²) in [5.74, 6) is 0.450. The number of rotatable bonds is 10. The maximum Gasteiger partial charge on any atom is 0.267 e. The van der Waals surface area contributed by atoms with Crippen molar-refractivity contribution in [2.24, 2.45) is 7.05 Å². The van der Waals surface area contributed by atoms with Gasteiger partial charge in [-0.25, -0.2) is 0 Å². The van der Waals surface area contributed by atoms with Crippen LogP contribution in [0.4, 0.5) is 0 Å². The van der Waals surface area contributed by atoms with Crippen molar-refractivity contribution in [1.82, 2.24) is 20.2 Å². The average molecular weight is 537 g/mol. The number of aromatic amines is 1. The maximum absolute atomic E-state index is 13.4.